The van der Waals surface area contributed by atoms with Crippen molar-refractivity contribution in [1.29, 1.82) is 0 Å². The van der Waals surface area contributed by atoms with E-state index in [1.54, 1.807) is 36.0 Å². The van der Waals surface area contributed by atoms with E-state index in [0.29, 0.717) is 16.4 Å². The van der Waals surface area contributed by atoms with Gasteiger partial charge < -0.3 is 10.6 Å². The van der Waals surface area contributed by atoms with E-state index in [-0.39, 0.29) is 5.25 Å². The molecule has 1 aromatic carbocycles. The second-order valence-electron chi connectivity index (χ2n) is 3.84. The number of hydrogen-bond donors (Lipinski definition) is 1. The summed E-state index contributed by atoms with van der Waals surface area (Å²) in [5.74, 6) is 2.89. The van der Waals surface area contributed by atoms with Crippen molar-refractivity contribution in [3.8, 4) is 0 Å². The molecule has 4 nitrogen and oxygen atoms in total. The lowest BCUT2D eigenvalue weighted by Gasteiger charge is -2.19. The van der Waals surface area contributed by atoms with Crippen LogP contribution >= 0.6 is 35.1 Å². The molecule has 1 aliphatic heterocycles. The molecule has 0 amide bonds. The van der Waals surface area contributed by atoms with Crippen molar-refractivity contribution in [2.45, 2.75) is 5.25 Å². The molecule has 1 fully saturated rings. The molecule has 1 unspecified atom stereocenters. The lowest BCUT2D eigenvalue weighted by molar-refractivity contribution is 0.0515. The summed E-state index contributed by atoms with van der Waals surface area (Å²) in [7, 11) is 0. The molecule has 1 aliphatic rings. The van der Waals surface area contributed by atoms with Crippen molar-refractivity contribution in [3.63, 3.8) is 0 Å². The van der Waals surface area contributed by atoms with Gasteiger partial charge in [0.05, 0.1) is 10.8 Å². The maximum Gasteiger partial charge on any atom is 0.365 e. The molecule has 0 spiro atoms. The summed E-state index contributed by atoms with van der Waals surface area (Å²) in [6.45, 7) is 0. The fourth-order valence-electron chi connectivity index (χ4n) is 1.45. The summed E-state index contributed by atoms with van der Waals surface area (Å²) in [6, 6.07) is 6.42. The lowest BCUT2D eigenvalue weighted by atomic mass is 10.2. The van der Waals surface area contributed by atoms with Crippen molar-refractivity contribution in [1.82, 2.24) is 0 Å². The van der Waals surface area contributed by atoms with E-state index in [9.17, 15) is 4.79 Å². The number of carbonyl (C=O) groups is 1. The predicted molar refractivity (Wildman–Crippen MR) is 82.1 cm³/mol. The molecule has 0 aliphatic carbocycles. The van der Waals surface area contributed by atoms with Gasteiger partial charge >= 0.3 is 5.97 Å². The van der Waals surface area contributed by atoms with Crippen LogP contribution in [0.5, 0.6) is 0 Å². The SMILES string of the molecule is N/C(=N\OC(=O)c1ccc(Cl)cc1)C1CSCCS1. The number of amidine groups is 1. The summed E-state index contributed by atoms with van der Waals surface area (Å²) < 4.78 is 0. The second-order valence-corrected chi connectivity index (χ2v) is 6.73. The Bertz CT molecular complexity index is 473. The molecule has 1 atom stereocenters. The van der Waals surface area contributed by atoms with Crippen LogP contribution < -0.4 is 5.73 Å². The van der Waals surface area contributed by atoms with Gasteiger partial charge in [0.15, 0.2) is 5.84 Å². The zero-order valence-electron chi connectivity index (χ0n) is 10.0. The van der Waals surface area contributed by atoms with Crippen LogP contribution in [0, 0.1) is 0 Å². The average Bonchev–Trinajstić information content (AvgIpc) is 2.46. The third-order valence-corrected chi connectivity index (χ3v) is 5.49. The number of benzene rings is 1. The van der Waals surface area contributed by atoms with Crippen molar-refractivity contribution >= 4 is 46.9 Å². The topological polar surface area (TPSA) is 64.7 Å². The molecule has 19 heavy (non-hydrogen) atoms. The van der Waals surface area contributed by atoms with Crippen LogP contribution in [0.15, 0.2) is 29.4 Å². The maximum absolute atomic E-state index is 11.7. The van der Waals surface area contributed by atoms with Crippen molar-refractivity contribution in [2.24, 2.45) is 10.9 Å². The van der Waals surface area contributed by atoms with Crippen LogP contribution in [0.3, 0.4) is 0 Å². The van der Waals surface area contributed by atoms with E-state index in [4.69, 9.17) is 22.2 Å². The van der Waals surface area contributed by atoms with E-state index in [1.807, 2.05) is 11.8 Å². The first kappa shape index (κ1) is 14.6. The Balaban J connectivity index is 1.93. The van der Waals surface area contributed by atoms with Crippen LogP contribution in [-0.2, 0) is 4.84 Å². The third-order valence-electron chi connectivity index (χ3n) is 2.46. The molecule has 0 aromatic heterocycles. The van der Waals surface area contributed by atoms with Gasteiger partial charge in [-0.2, -0.15) is 11.8 Å². The fraction of sp³-hybridized carbons (Fsp3) is 0.333. The minimum atomic E-state index is -0.534. The number of hydrogen-bond acceptors (Lipinski definition) is 5. The number of carbonyl (C=O) groups excluding carboxylic acids is 1. The Morgan fingerprint density at radius 1 is 1.37 bits per heavy atom. The fourth-order valence-corrected chi connectivity index (χ4v) is 4.16. The maximum atomic E-state index is 11.7. The van der Waals surface area contributed by atoms with Gasteiger partial charge in [-0.05, 0) is 24.3 Å². The molecule has 0 saturated carbocycles. The molecular weight excluding hydrogens is 304 g/mol. The van der Waals surface area contributed by atoms with Gasteiger partial charge in [-0.1, -0.05) is 16.8 Å². The molecular formula is C12H13ClN2O2S2. The monoisotopic (exact) mass is 316 g/mol. The Kier molecular flexibility index (Phi) is 5.42. The zero-order valence-corrected chi connectivity index (χ0v) is 12.4. The van der Waals surface area contributed by atoms with Gasteiger partial charge in [-0.25, -0.2) is 4.79 Å². The van der Waals surface area contributed by atoms with Crippen molar-refractivity contribution in [3.05, 3.63) is 34.9 Å². The number of oxime groups is 1. The van der Waals surface area contributed by atoms with Crippen LogP contribution in [0.4, 0.5) is 0 Å². The van der Waals surface area contributed by atoms with Gasteiger partial charge in [0.2, 0.25) is 0 Å². The largest absolute Gasteiger partial charge is 0.383 e. The highest BCUT2D eigenvalue weighted by atomic mass is 35.5. The molecule has 1 heterocycles. The highest BCUT2D eigenvalue weighted by Gasteiger charge is 2.19. The lowest BCUT2D eigenvalue weighted by Crippen LogP contribution is -2.31. The minimum Gasteiger partial charge on any atom is -0.383 e. The van der Waals surface area contributed by atoms with Gasteiger partial charge in [-0.15, -0.1) is 11.8 Å². The Morgan fingerprint density at radius 3 is 2.74 bits per heavy atom. The van der Waals surface area contributed by atoms with Crippen LogP contribution in [0.1, 0.15) is 10.4 Å². The molecule has 7 heteroatoms. The summed E-state index contributed by atoms with van der Waals surface area (Å²) >= 11 is 9.30. The van der Waals surface area contributed by atoms with Gasteiger partial charge in [0, 0.05) is 22.3 Å². The van der Waals surface area contributed by atoms with E-state index in [2.05, 4.69) is 5.16 Å². The van der Waals surface area contributed by atoms with E-state index >= 15 is 0 Å². The quantitative estimate of drug-likeness (QED) is 0.402. The van der Waals surface area contributed by atoms with Gasteiger partial charge in [-0.3, -0.25) is 0 Å². The van der Waals surface area contributed by atoms with Crippen LogP contribution in [0.25, 0.3) is 0 Å². The van der Waals surface area contributed by atoms with E-state index in [0.717, 1.165) is 17.3 Å². The molecule has 102 valence electrons. The van der Waals surface area contributed by atoms with Crippen molar-refractivity contribution in [2.75, 3.05) is 17.3 Å². The first-order chi connectivity index (χ1) is 9.16. The standard InChI is InChI=1S/C12H13ClN2O2S2/c13-9-3-1-8(2-4-9)12(16)17-15-11(14)10-7-18-5-6-19-10/h1-4,10H,5-7H2,(H2,14,15). The molecule has 1 saturated heterocycles. The number of halogens is 1. The minimum absolute atomic E-state index is 0.122. The summed E-state index contributed by atoms with van der Waals surface area (Å²) in [5, 5.41) is 4.41. The number of nitrogens with zero attached hydrogens (tertiary/aromatic N) is 1. The van der Waals surface area contributed by atoms with E-state index < -0.39 is 5.97 Å². The molecule has 0 bridgehead atoms. The molecule has 1 aromatic rings. The Hall–Kier alpha value is -0.850. The highest BCUT2D eigenvalue weighted by molar-refractivity contribution is 8.07. The Labute approximate surface area is 125 Å². The van der Waals surface area contributed by atoms with E-state index in [1.165, 1.54) is 0 Å². The molecule has 2 rings (SSSR count). The average molecular weight is 317 g/mol. The van der Waals surface area contributed by atoms with Crippen LogP contribution in [-0.4, -0.2) is 34.3 Å². The second kappa shape index (κ2) is 7.07. The number of rotatable bonds is 3. The third kappa shape index (κ3) is 4.33. The number of thioether (sulfide) groups is 2. The molecule has 2 N–H and O–H groups in total. The highest BCUT2D eigenvalue weighted by Crippen LogP contribution is 2.24. The summed E-state index contributed by atoms with van der Waals surface area (Å²) in [6.07, 6.45) is 0. The Morgan fingerprint density at radius 2 is 2.11 bits per heavy atom. The van der Waals surface area contributed by atoms with Crippen molar-refractivity contribution < 1.29 is 9.63 Å². The predicted octanol–water partition coefficient (Wildman–Crippen LogP) is 2.62. The first-order valence-electron chi connectivity index (χ1n) is 5.66. The summed E-state index contributed by atoms with van der Waals surface area (Å²) in [4.78, 5) is 16.5. The molecule has 0 radical (unpaired) electrons. The zero-order chi connectivity index (χ0) is 13.7. The number of nitrogens with two attached hydrogens (primary N) is 1. The first-order valence-corrected chi connectivity index (χ1v) is 8.24. The van der Waals surface area contributed by atoms with Crippen LogP contribution in [0.2, 0.25) is 5.02 Å². The normalized spacial score (nSPS) is 20.1. The van der Waals surface area contributed by atoms with Gasteiger partial charge in [0.25, 0.3) is 0 Å². The smallest absolute Gasteiger partial charge is 0.365 e. The van der Waals surface area contributed by atoms with Gasteiger partial charge in [0.1, 0.15) is 0 Å². The summed E-state index contributed by atoms with van der Waals surface area (Å²) in [5.41, 5.74) is 6.21.